The molecule has 0 saturated carbocycles. The molecule has 2 rings (SSSR count). The lowest BCUT2D eigenvalue weighted by molar-refractivity contribution is -0.149. The van der Waals surface area contributed by atoms with Crippen molar-refractivity contribution in [3.8, 4) is 0 Å². The van der Waals surface area contributed by atoms with Crippen LogP contribution in [0.2, 0.25) is 0 Å². The molecule has 6 nitrogen and oxygen atoms in total. The van der Waals surface area contributed by atoms with Crippen molar-refractivity contribution < 1.29 is 28.2 Å². The third kappa shape index (κ3) is 3.31. The molecular formula is C13H14O6. The first kappa shape index (κ1) is 13.5. The Balaban J connectivity index is 1.97. The van der Waals surface area contributed by atoms with Crippen molar-refractivity contribution in [3.05, 3.63) is 47.3 Å². The van der Waals surface area contributed by atoms with Crippen LogP contribution in [-0.2, 0) is 22.7 Å². The number of aliphatic hydroxyl groups excluding tert-OH is 1. The average Bonchev–Trinajstić information content (AvgIpc) is 3.08. The molecule has 0 radical (unpaired) electrons. The first-order valence-electron chi connectivity index (χ1n) is 5.64. The summed E-state index contributed by atoms with van der Waals surface area (Å²) in [5, 5.41) is 8.92. The first-order valence-corrected chi connectivity index (χ1v) is 5.64. The van der Waals surface area contributed by atoms with Gasteiger partial charge in [0.15, 0.2) is 17.8 Å². The quantitative estimate of drug-likeness (QED) is 0.610. The molecule has 0 amide bonds. The van der Waals surface area contributed by atoms with Crippen LogP contribution in [0.3, 0.4) is 0 Å². The fourth-order valence-corrected chi connectivity index (χ4v) is 1.57. The minimum absolute atomic E-state index is 0.140. The molecule has 0 spiro atoms. The maximum absolute atomic E-state index is 10.5. The number of ether oxygens (including phenoxy) is 2. The summed E-state index contributed by atoms with van der Waals surface area (Å²) in [4.78, 5) is 10.5. The minimum atomic E-state index is -0.704. The molecule has 0 saturated heterocycles. The van der Waals surface area contributed by atoms with Crippen LogP contribution >= 0.6 is 0 Å². The standard InChI is InChI=1S/C13H14O6/c1-16-13(12-5-4-10(7-15)19-12)17-8-11-3-2-9(6-14)18-11/h2-6,13,15H,7-8H2,1H3/t13-/m0/s1. The van der Waals surface area contributed by atoms with Crippen molar-refractivity contribution in [2.24, 2.45) is 0 Å². The molecule has 1 atom stereocenters. The highest BCUT2D eigenvalue weighted by Gasteiger charge is 2.16. The van der Waals surface area contributed by atoms with Crippen molar-refractivity contribution in [1.29, 1.82) is 0 Å². The van der Waals surface area contributed by atoms with E-state index in [9.17, 15) is 4.79 Å². The molecule has 0 unspecified atom stereocenters. The van der Waals surface area contributed by atoms with Gasteiger partial charge >= 0.3 is 0 Å². The van der Waals surface area contributed by atoms with Crippen LogP contribution in [0, 0.1) is 0 Å². The Morgan fingerprint density at radius 2 is 2.05 bits per heavy atom. The van der Waals surface area contributed by atoms with Gasteiger partial charge in [0.2, 0.25) is 6.29 Å². The van der Waals surface area contributed by atoms with Gasteiger partial charge in [-0.1, -0.05) is 0 Å². The lowest BCUT2D eigenvalue weighted by Crippen LogP contribution is -2.05. The Kier molecular flexibility index (Phi) is 4.51. The lowest BCUT2D eigenvalue weighted by atomic mass is 10.4. The maximum atomic E-state index is 10.5. The smallest absolute Gasteiger partial charge is 0.217 e. The van der Waals surface area contributed by atoms with Crippen LogP contribution in [0.1, 0.15) is 34.1 Å². The van der Waals surface area contributed by atoms with Crippen molar-refractivity contribution >= 4 is 6.29 Å². The van der Waals surface area contributed by atoms with Gasteiger partial charge in [-0.3, -0.25) is 4.79 Å². The van der Waals surface area contributed by atoms with Crippen LogP contribution < -0.4 is 0 Å². The number of aldehydes is 1. The fourth-order valence-electron chi connectivity index (χ4n) is 1.57. The van der Waals surface area contributed by atoms with Crippen molar-refractivity contribution in [2.45, 2.75) is 19.5 Å². The Morgan fingerprint density at radius 1 is 1.26 bits per heavy atom. The van der Waals surface area contributed by atoms with Crippen LogP contribution in [0.25, 0.3) is 0 Å². The van der Waals surface area contributed by atoms with E-state index in [1.807, 2.05) is 0 Å². The van der Waals surface area contributed by atoms with Gasteiger partial charge in [-0.15, -0.1) is 0 Å². The molecular weight excluding hydrogens is 252 g/mol. The van der Waals surface area contributed by atoms with Crippen LogP contribution in [0.5, 0.6) is 0 Å². The molecule has 2 heterocycles. The van der Waals surface area contributed by atoms with E-state index in [1.54, 1.807) is 24.3 Å². The summed E-state index contributed by atoms with van der Waals surface area (Å²) in [6.07, 6.45) is -0.0812. The highest BCUT2D eigenvalue weighted by molar-refractivity contribution is 5.70. The summed E-state index contributed by atoms with van der Waals surface area (Å²) in [6, 6.07) is 6.52. The van der Waals surface area contributed by atoms with E-state index in [-0.39, 0.29) is 19.0 Å². The number of hydrogen-bond donors (Lipinski definition) is 1. The summed E-state index contributed by atoms with van der Waals surface area (Å²) in [5.41, 5.74) is 0. The lowest BCUT2D eigenvalue weighted by Gasteiger charge is -2.12. The zero-order valence-corrected chi connectivity index (χ0v) is 10.4. The van der Waals surface area contributed by atoms with E-state index in [4.69, 9.17) is 23.4 Å². The number of hydrogen-bond acceptors (Lipinski definition) is 6. The summed E-state index contributed by atoms with van der Waals surface area (Å²) >= 11 is 0. The van der Waals surface area contributed by atoms with E-state index in [0.717, 1.165) is 0 Å². The highest BCUT2D eigenvalue weighted by Crippen LogP contribution is 2.22. The monoisotopic (exact) mass is 266 g/mol. The molecule has 1 N–H and O–H groups in total. The number of carbonyl (C=O) groups is 1. The molecule has 0 aromatic carbocycles. The molecule has 0 fully saturated rings. The largest absolute Gasteiger partial charge is 0.458 e. The second-order valence-corrected chi connectivity index (χ2v) is 3.76. The molecule has 2 aromatic heterocycles. The molecule has 0 bridgehead atoms. The Labute approximate surface area is 109 Å². The van der Waals surface area contributed by atoms with E-state index in [0.29, 0.717) is 23.6 Å². The molecule has 102 valence electrons. The van der Waals surface area contributed by atoms with Crippen LogP contribution in [0.15, 0.2) is 33.1 Å². The third-order valence-electron chi connectivity index (χ3n) is 2.46. The predicted octanol–water partition coefficient (Wildman–Crippen LogP) is 2.04. The fraction of sp³-hybridized carbons (Fsp3) is 0.308. The zero-order valence-electron chi connectivity index (χ0n) is 10.4. The number of rotatable bonds is 7. The van der Waals surface area contributed by atoms with E-state index < -0.39 is 6.29 Å². The number of aliphatic hydroxyl groups is 1. The molecule has 0 aliphatic rings. The van der Waals surface area contributed by atoms with Gasteiger partial charge < -0.3 is 23.4 Å². The summed E-state index contributed by atoms with van der Waals surface area (Å²) < 4.78 is 21.1. The van der Waals surface area contributed by atoms with Gasteiger partial charge in [0.25, 0.3) is 0 Å². The van der Waals surface area contributed by atoms with Gasteiger partial charge in [-0.25, -0.2) is 0 Å². The molecule has 0 aliphatic carbocycles. The minimum Gasteiger partial charge on any atom is -0.458 e. The second-order valence-electron chi connectivity index (χ2n) is 3.76. The van der Waals surface area contributed by atoms with Crippen molar-refractivity contribution in [1.82, 2.24) is 0 Å². The maximum Gasteiger partial charge on any atom is 0.217 e. The van der Waals surface area contributed by atoms with Crippen molar-refractivity contribution in [3.63, 3.8) is 0 Å². The van der Waals surface area contributed by atoms with Crippen molar-refractivity contribution in [2.75, 3.05) is 7.11 Å². The van der Waals surface area contributed by atoms with E-state index >= 15 is 0 Å². The summed E-state index contributed by atoms with van der Waals surface area (Å²) in [7, 11) is 1.48. The normalized spacial score (nSPS) is 12.5. The SMILES string of the molecule is CO[C@@H](OCc1ccc(C=O)o1)c1ccc(CO)o1. The number of carbonyl (C=O) groups excluding carboxylic acids is 1. The van der Waals surface area contributed by atoms with Gasteiger partial charge in [-0.05, 0) is 24.3 Å². The first-order chi connectivity index (χ1) is 9.26. The number of methoxy groups -OCH3 is 1. The topological polar surface area (TPSA) is 82.0 Å². The van der Waals surface area contributed by atoms with Gasteiger partial charge in [-0.2, -0.15) is 0 Å². The van der Waals surface area contributed by atoms with Crippen LogP contribution in [0.4, 0.5) is 0 Å². The Hall–Kier alpha value is -1.89. The summed E-state index contributed by atoms with van der Waals surface area (Å²) in [5.74, 6) is 1.64. The molecule has 6 heteroatoms. The van der Waals surface area contributed by atoms with E-state index in [2.05, 4.69) is 0 Å². The Morgan fingerprint density at radius 3 is 2.63 bits per heavy atom. The van der Waals surface area contributed by atoms with Gasteiger partial charge in [0, 0.05) is 7.11 Å². The third-order valence-corrected chi connectivity index (χ3v) is 2.46. The molecule has 0 aliphatic heterocycles. The second kappa shape index (κ2) is 6.33. The average molecular weight is 266 g/mol. The summed E-state index contributed by atoms with van der Waals surface area (Å²) in [6.45, 7) is -0.0428. The number of furan rings is 2. The van der Waals surface area contributed by atoms with Crippen LogP contribution in [-0.4, -0.2) is 18.5 Å². The molecule has 2 aromatic rings. The Bertz CT molecular complexity index is 527. The zero-order chi connectivity index (χ0) is 13.7. The molecule has 19 heavy (non-hydrogen) atoms. The van der Waals surface area contributed by atoms with E-state index in [1.165, 1.54) is 7.11 Å². The predicted molar refractivity (Wildman–Crippen MR) is 63.3 cm³/mol. The highest BCUT2D eigenvalue weighted by atomic mass is 16.7. The van der Waals surface area contributed by atoms with Gasteiger partial charge in [0.05, 0.1) is 0 Å². The van der Waals surface area contributed by atoms with Gasteiger partial charge in [0.1, 0.15) is 24.7 Å².